The fraction of sp³-hybridized carbons (Fsp3) is 0.545. The van der Waals surface area contributed by atoms with Gasteiger partial charge in [0.25, 0.3) is 0 Å². The van der Waals surface area contributed by atoms with E-state index in [9.17, 15) is 0 Å². The minimum absolute atomic E-state index is 0.556. The number of hydrogen-bond donors (Lipinski definition) is 0. The van der Waals surface area contributed by atoms with Crippen LogP contribution in [-0.4, -0.2) is 0 Å². The van der Waals surface area contributed by atoms with Crippen LogP contribution in [-0.2, 0) is 0 Å². The van der Waals surface area contributed by atoms with Gasteiger partial charge >= 0.3 is 0 Å². The van der Waals surface area contributed by atoms with Crippen molar-refractivity contribution in [3.63, 3.8) is 0 Å². The fourth-order valence-corrected chi connectivity index (χ4v) is 3.64. The fourth-order valence-electron chi connectivity index (χ4n) is 3.64. The number of fused-ring (bicyclic) bond motifs is 1. The Balaban J connectivity index is 3.04. The molecule has 120 valence electrons. The van der Waals surface area contributed by atoms with E-state index in [1.807, 2.05) is 0 Å². The van der Waals surface area contributed by atoms with E-state index < -0.39 is 0 Å². The van der Waals surface area contributed by atoms with Crippen LogP contribution in [0.2, 0.25) is 0 Å². The van der Waals surface area contributed by atoms with Crippen molar-refractivity contribution < 1.29 is 0 Å². The summed E-state index contributed by atoms with van der Waals surface area (Å²) in [5, 5.41) is 3.00. The smallest absolute Gasteiger partial charge is 0.0109 e. The van der Waals surface area contributed by atoms with E-state index in [-0.39, 0.29) is 0 Å². The molecule has 0 aliphatic heterocycles. The molecule has 2 aromatic carbocycles. The highest BCUT2D eigenvalue weighted by atomic mass is 14.2. The summed E-state index contributed by atoms with van der Waals surface area (Å²) in [7, 11) is 0. The third kappa shape index (κ3) is 2.93. The monoisotopic (exact) mass is 296 g/mol. The normalized spacial score (nSPS) is 12.4. The average molecular weight is 296 g/mol. The van der Waals surface area contributed by atoms with Crippen LogP contribution >= 0.6 is 0 Å². The second kappa shape index (κ2) is 6.44. The lowest BCUT2D eigenvalue weighted by Crippen LogP contribution is -2.06. The Morgan fingerprint density at radius 1 is 0.591 bits per heavy atom. The van der Waals surface area contributed by atoms with Crippen molar-refractivity contribution >= 4 is 10.8 Å². The first kappa shape index (κ1) is 17.1. The summed E-state index contributed by atoms with van der Waals surface area (Å²) in [5.41, 5.74) is 6.12. The second-order valence-corrected chi connectivity index (χ2v) is 7.86. The molecule has 0 bridgehead atoms. The molecular formula is C22H32. The van der Waals surface area contributed by atoms with Crippen LogP contribution in [0.3, 0.4) is 0 Å². The van der Waals surface area contributed by atoms with Crippen molar-refractivity contribution in [2.75, 3.05) is 0 Å². The maximum absolute atomic E-state index is 2.48. The standard InChI is InChI=1S/C22H32/c1-13(2)17-10-9-11-18-19(14(3)4)12-20(15(5)6)21(16(7)8)22(17)18/h9-16H,1-8H3. The second-order valence-electron chi connectivity index (χ2n) is 7.86. The lowest BCUT2D eigenvalue weighted by Gasteiger charge is -2.25. The summed E-state index contributed by atoms with van der Waals surface area (Å²) in [5.74, 6) is 2.24. The van der Waals surface area contributed by atoms with Crippen molar-refractivity contribution in [1.29, 1.82) is 0 Å². The molecule has 0 nitrogen and oxygen atoms in total. The summed E-state index contributed by atoms with van der Waals surface area (Å²) >= 11 is 0. The zero-order valence-corrected chi connectivity index (χ0v) is 15.6. The Labute approximate surface area is 136 Å². The maximum Gasteiger partial charge on any atom is -0.0109 e. The summed E-state index contributed by atoms with van der Waals surface area (Å²) in [6.07, 6.45) is 0. The number of benzene rings is 2. The average Bonchev–Trinajstić information content (AvgIpc) is 2.43. The molecule has 0 atom stereocenters. The lowest BCUT2D eigenvalue weighted by atomic mass is 9.79. The summed E-state index contributed by atoms with van der Waals surface area (Å²) in [6, 6.07) is 9.37. The Morgan fingerprint density at radius 2 is 1.14 bits per heavy atom. The lowest BCUT2D eigenvalue weighted by molar-refractivity contribution is 0.784. The van der Waals surface area contributed by atoms with Crippen LogP contribution in [0, 0.1) is 0 Å². The van der Waals surface area contributed by atoms with E-state index in [4.69, 9.17) is 0 Å². The Kier molecular flexibility index (Phi) is 5.00. The predicted octanol–water partition coefficient (Wildman–Crippen LogP) is 7.33. The molecular weight excluding hydrogens is 264 g/mol. The SMILES string of the molecule is CC(C)c1cc(C(C)C)c2cccc(C(C)C)c2c1C(C)C. The molecule has 0 saturated heterocycles. The molecule has 22 heavy (non-hydrogen) atoms. The Hall–Kier alpha value is -1.30. The van der Waals surface area contributed by atoms with Gasteiger partial charge in [-0.3, -0.25) is 0 Å². The molecule has 0 unspecified atom stereocenters. The summed E-state index contributed by atoms with van der Waals surface area (Å²) in [6.45, 7) is 18.6. The van der Waals surface area contributed by atoms with Crippen LogP contribution < -0.4 is 0 Å². The van der Waals surface area contributed by atoms with Gasteiger partial charge in [-0.1, -0.05) is 79.7 Å². The first-order valence-electron chi connectivity index (χ1n) is 8.84. The van der Waals surface area contributed by atoms with Crippen LogP contribution in [0.4, 0.5) is 0 Å². The minimum atomic E-state index is 0.556. The topological polar surface area (TPSA) is 0 Å². The van der Waals surface area contributed by atoms with Crippen molar-refractivity contribution in [3.05, 3.63) is 46.5 Å². The van der Waals surface area contributed by atoms with E-state index in [0.717, 1.165) is 0 Å². The predicted molar refractivity (Wildman–Crippen MR) is 100 cm³/mol. The van der Waals surface area contributed by atoms with Crippen LogP contribution in [0.25, 0.3) is 10.8 Å². The molecule has 0 amide bonds. The van der Waals surface area contributed by atoms with Gasteiger partial charge in [0.1, 0.15) is 0 Å². The van der Waals surface area contributed by atoms with Gasteiger partial charge in [0, 0.05) is 0 Å². The summed E-state index contributed by atoms with van der Waals surface area (Å²) in [4.78, 5) is 0. The molecule has 0 N–H and O–H groups in total. The van der Waals surface area contributed by atoms with Gasteiger partial charge in [-0.2, -0.15) is 0 Å². The van der Waals surface area contributed by atoms with Crippen LogP contribution in [0.1, 0.15) is 101 Å². The van der Waals surface area contributed by atoms with Gasteiger partial charge in [0.15, 0.2) is 0 Å². The van der Waals surface area contributed by atoms with E-state index in [2.05, 4.69) is 79.7 Å². The van der Waals surface area contributed by atoms with E-state index in [0.29, 0.717) is 23.7 Å². The van der Waals surface area contributed by atoms with Gasteiger partial charge in [-0.25, -0.2) is 0 Å². The quantitative estimate of drug-likeness (QED) is 0.554. The zero-order chi connectivity index (χ0) is 16.6. The first-order valence-corrected chi connectivity index (χ1v) is 8.84. The number of hydrogen-bond acceptors (Lipinski definition) is 0. The highest BCUT2D eigenvalue weighted by molar-refractivity contribution is 5.94. The van der Waals surface area contributed by atoms with E-state index in [1.165, 1.54) is 21.9 Å². The van der Waals surface area contributed by atoms with Gasteiger partial charge in [0.05, 0.1) is 0 Å². The van der Waals surface area contributed by atoms with Crippen LogP contribution in [0.15, 0.2) is 24.3 Å². The van der Waals surface area contributed by atoms with Gasteiger partial charge in [-0.05, 0) is 56.7 Å². The molecule has 0 aliphatic rings. The molecule has 0 aliphatic carbocycles. The maximum atomic E-state index is 2.48. The largest absolute Gasteiger partial charge is 0.0613 e. The minimum Gasteiger partial charge on any atom is -0.0613 e. The van der Waals surface area contributed by atoms with E-state index in [1.54, 1.807) is 11.1 Å². The third-order valence-corrected chi connectivity index (χ3v) is 4.74. The molecule has 0 saturated carbocycles. The molecule has 0 aromatic heterocycles. The molecule has 0 spiro atoms. The zero-order valence-electron chi connectivity index (χ0n) is 15.6. The van der Waals surface area contributed by atoms with Crippen molar-refractivity contribution in [2.45, 2.75) is 79.1 Å². The van der Waals surface area contributed by atoms with Crippen molar-refractivity contribution in [3.8, 4) is 0 Å². The first-order chi connectivity index (χ1) is 10.3. The molecule has 0 fully saturated rings. The summed E-state index contributed by atoms with van der Waals surface area (Å²) < 4.78 is 0. The molecule has 0 heteroatoms. The molecule has 0 radical (unpaired) electrons. The highest BCUT2D eigenvalue weighted by Crippen LogP contribution is 2.40. The Morgan fingerprint density at radius 3 is 1.59 bits per heavy atom. The highest BCUT2D eigenvalue weighted by Gasteiger charge is 2.20. The van der Waals surface area contributed by atoms with Crippen LogP contribution in [0.5, 0.6) is 0 Å². The Bertz CT molecular complexity index is 651. The molecule has 2 aromatic rings. The van der Waals surface area contributed by atoms with Crippen molar-refractivity contribution in [2.24, 2.45) is 0 Å². The van der Waals surface area contributed by atoms with Gasteiger partial charge in [-0.15, -0.1) is 0 Å². The van der Waals surface area contributed by atoms with Crippen molar-refractivity contribution in [1.82, 2.24) is 0 Å². The molecule has 0 heterocycles. The van der Waals surface area contributed by atoms with Gasteiger partial charge in [0.2, 0.25) is 0 Å². The number of rotatable bonds is 4. The van der Waals surface area contributed by atoms with E-state index >= 15 is 0 Å². The third-order valence-electron chi connectivity index (χ3n) is 4.74. The van der Waals surface area contributed by atoms with Gasteiger partial charge < -0.3 is 0 Å². The molecule has 2 rings (SSSR count).